The zero-order valence-electron chi connectivity index (χ0n) is 20.4. The summed E-state index contributed by atoms with van der Waals surface area (Å²) >= 11 is 0. The number of rotatable bonds is 9. The number of carbonyl (C=O) groups excluding carboxylic acids is 1. The Balaban J connectivity index is 1.23. The number of halogens is 1. The third kappa shape index (κ3) is 5.65. The van der Waals surface area contributed by atoms with E-state index >= 15 is 0 Å². The minimum absolute atomic E-state index is 0.0198. The number of aromatic nitrogens is 2. The Kier molecular flexibility index (Phi) is 6.70. The molecule has 1 aliphatic carbocycles. The van der Waals surface area contributed by atoms with Crippen molar-refractivity contribution in [2.45, 2.75) is 37.6 Å². The van der Waals surface area contributed by atoms with Crippen molar-refractivity contribution in [2.75, 3.05) is 11.9 Å². The van der Waals surface area contributed by atoms with Crippen LogP contribution >= 0.6 is 0 Å². The van der Waals surface area contributed by atoms with Gasteiger partial charge in [-0.25, -0.2) is 22.2 Å². The van der Waals surface area contributed by atoms with Crippen molar-refractivity contribution in [3.8, 4) is 11.4 Å². The summed E-state index contributed by atoms with van der Waals surface area (Å²) in [5.74, 6) is 0.195. The van der Waals surface area contributed by atoms with Gasteiger partial charge in [0, 0.05) is 17.0 Å². The smallest absolute Gasteiger partial charge is 0.241 e. The number of anilines is 1. The maximum atomic E-state index is 13.2. The highest BCUT2D eigenvalue weighted by molar-refractivity contribution is 7.89. The number of carbonyl (C=O) groups is 1. The molecule has 37 heavy (non-hydrogen) atoms. The zero-order valence-corrected chi connectivity index (χ0v) is 21.3. The minimum Gasteiger partial charge on any atom is -0.492 e. The normalized spacial score (nSPS) is 14.5. The highest BCUT2D eigenvalue weighted by Crippen LogP contribution is 2.31. The molecule has 0 spiro atoms. The van der Waals surface area contributed by atoms with E-state index in [1.165, 1.54) is 24.3 Å². The molecule has 0 unspecified atom stereocenters. The van der Waals surface area contributed by atoms with Crippen LogP contribution in [0.3, 0.4) is 0 Å². The van der Waals surface area contributed by atoms with Crippen LogP contribution < -0.4 is 14.8 Å². The Morgan fingerprint density at radius 2 is 1.89 bits per heavy atom. The maximum Gasteiger partial charge on any atom is 0.241 e. The monoisotopic (exact) mass is 522 g/mol. The molecule has 10 heteroatoms. The van der Waals surface area contributed by atoms with Gasteiger partial charge in [-0.3, -0.25) is 4.79 Å². The lowest BCUT2D eigenvalue weighted by molar-refractivity contribution is -0.117. The molecular formula is C27H27FN4O4S. The molecule has 0 bridgehead atoms. The van der Waals surface area contributed by atoms with Crippen LogP contribution in [0.15, 0.2) is 71.8 Å². The Morgan fingerprint density at radius 3 is 2.62 bits per heavy atom. The van der Waals surface area contributed by atoms with Crippen LogP contribution in [-0.2, 0) is 14.8 Å². The summed E-state index contributed by atoms with van der Waals surface area (Å²) in [5.41, 5.74) is 2.86. The van der Waals surface area contributed by atoms with Gasteiger partial charge in [-0.2, -0.15) is 5.10 Å². The summed E-state index contributed by atoms with van der Waals surface area (Å²) < 4.78 is 49.4. The first-order chi connectivity index (χ1) is 17.7. The molecule has 1 saturated carbocycles. The van der Waals surface area contributed by atoms with E-state index in [-0.39, 0.29) is 29.1 Å². The maximum absolute atomic E-state index is 13.2. The lowest BCUT2D eigenvalue weighted by atomic mass is 10.2. The van der Waals surface area contributed by atoms with Crippen molar-refractivity contribution >= 4 is 32.5 Å². The Morgan fingerprint density at radius 1 is 1.14 bits per heavy atom. The molecule has 0 radical (unpaired) electrons. The first-order valence-corrected chi connectivity index (χ1v) is 13.5. The predicted octanol–water partition coefficient (Wildman–Crippen LogP) is 4.57. The highest BCUT2D eigenvalue weighted by Gasteiger charge is 2.30. The molecule has 1 atom stereocenters. The van der Waals surface area contributed by atoms with Gasteiger partial charge in [0.2, 0.25) is 15.9 Å². The molecule has 0 aliphatic heterocycles. The van der Waals surface area contributed by atoms with E-state index in [1.54, 1.807) is 42.1 Å². The van der Waals surface area contributed by atoms with Gasteiger partial charge >= 0.3 is 0 Å². The fraction of sp³-hybridized carbons (Fsp3) is 0.259. The lowest BCUT2D eigenvalue weighted by Crippen LogP contribution is -2.36. The van der Waals surface area contributed by atoms with Crippen molar-refractivity contribution in [1.82, 2.24) is 14.5 Å². The van der Waals surface area contributed by atoms with Crippen LogP contribution in [0.25, 0.3) is 16.6 Å². The molecule has 1 amide bonds. The average Bonchev–Trinajstić information content (AvgIpc) is 3.64. The first-order valence-electron chi connectivity index (χ1n) is 12.0. The number of hydrogen-bond acceptors (Lipinski definition) is 5. The van der Waals surface area contributed by atoms with Crippen LogP contribution in [-0.4, -0.2) is 36.8 Å². The Labute approximate surface area is 214 Å². The lowest BCUT2D eigenvalue weighted by Gasteiger charge is -2.16. The Bertz CT molecular complexity index is 1560. The van der Waals surface area contributed by atoms with Gasteiger partial charge in [-0.05, 0) is 86.8 Å². The second-order valence-corrected chi connectivity index (χ2v) is 11.0. The van der Waals surface area contributed by atoms with Crippen molar-refractivity contribution in [1.29, 1.82) is 0 Å². The molecule has 192 valence electrons. The molecule has 2 N–H and O–H groups in total. The van der Waals surface area contributed by atoms with Gasteiger partial charge in [0.1, 0.15) is 18.2 Å². The number of nitrogens with zero attached hydrogens (tertiary/aromatic N) is 2. The molecule has 8 nitrogen and oxygen atoms in total. The van der Waals surface area contributed by atoms with Crippen molar-refractivity contribution in [2.24, 2.45) is 5.92 Å². The second-order valence-electron chi connectivity index (χ2n) is 9.33. The number of sulfonamides is 1. The summed E-state index contributed by atoms with van der Waals surface area (Å²) in [7, 11) is -3.83. The summed E-state index contributed by atoms with van der Waals surface area (Å²) in [4.78, 5) is 12.2. The van der Waals surface area contributed by atoms with E-state index in [2.05, 4.69) is 15.1 Å². The fourth-order valence-electron chi connectivity index (χ4n) is 3.96. The summed E-state index contributed by atoms with van der Waals surface area (Å²) in [5, 5.41) is 8.04. The predicted molar refractivity (Wildman–Crippen MR) is 139 cm³/mol. The average molecular weight is 523 g/mol. The Hall–Kier alpha value is -3.76. The number of benzene rings is 3. The number of ether oxygens (including phenoxy) is 1. The number of nitrogens with one attached hydrogen (secondary N) is 2. The highest BCUT2D eigenvalue weighted by atomic mass is 32.2. The van der Waals surface area contributed by atoms with Crippen molar-refractivity contribution < 1.29 is 22.3 Å². The minimum atomic E-state index is -3.83. The van der Waals surface area contributed by atoms with E-state index in [9.17, 15) is 17.6 Å². The number of amides is 1. The third-order valence-corrected chi connectivity index (χ3v) is 7.78. The van der Waals surface area contributed by atoms with Crippen LogP contribution in [0.2, 0.25) is 0 Å². The summed E-state index contributed by atoms with van der Waals surface area (Å²) in [6.45, 7) is 3.64. The number of hydrogen-bond donors (Lipinski definition) is 2. The van der Waals surface area contributed by atoms with E-state index in [0.29, 0.717) is 11.4 Å². The zero-order chi connectivity index (χ0) is 26.2. The molecule has 1 heterocycles. The molecule has 1 aliphatic rings. The standard InChI is InChI=1S/C27H27FN4O4S/c1-17-3-11-24(14-25(17)30-27(33)19-4-5-19)37(34,35)31-18(2)16-36-23-10-12-26-20(13-23)15-29-32(26)22-8-6-21(28)7-9-22/h3,6-15,18-19,31H,4-5,16H2,1-2H3,(H,30,33)/t18-/m0/s1. The molecule has 1 fully saturated rings. The molecule has 5 rings (SSSR count). The first kappa shape index (κ1) is 24.9. The molecule has 4 aromatic rings. The van der Waals surface area contributed by atoms with Crippen molar-refractivity contribution in [3.05, 3.63) is 78.2 Å². The van der Waals surface area contributed by atoms with Crippen LogP contribution in [0.1, 0.15) is 25.3 Å². The summed E-state index contributed by atoms with van der Waals surface area (Å²) in [6, 6.07) is 15.7. The van der Waals surface area contributed by atoms with Gasteiger partial charge in [0.15, 0.2) is 0 Å². The van der Waals surface area contributed by atoms with Gasteiger partial charge < -0.3 is 10.1 Å². The quantitative estimate of drug-likeness (QED) is 0.335. The van der Waals surface area contributed by atoms with Gasteiger partial charge in [-0.15, -0.1) is 0 Å². The molecular weight excluding hydrogens is 495 g/mol. The number of aryl methyl sites for hydroxylation is 1. The third-order valence-electron chi connectivity index (χ3n) is 6.19. The SMILES string of the molecule is Cc1ccc(S(=O)(=O)N[C@@H](C)COc2ccc3c(cnn3-c3ccc(F)cc3)c2)cc1NC(=O)C1CC1. The van der Waals surface area contributed by atoms with Crippen LogP contribution in [0.5, 0.6) is 5.75 Å². The van der Waals surface area contributed by atoms with Crippen molar-refractivity contribution in [3.63, 3.8) is 0 Å². The van der Waals surface area contributed by atoms with Gasteiger partial charge in [0.25, 0.3) is 0 Å². The largest absolute Gasteiger partial charge is 0.492 e. The van der Waals surface area contributed by atoms with E-state index in [4.69, 9.17) is 4.74 Å². The van der Waals surface area contributed by atoms with E-state index < -0.39 is 16.1 Å². The molecule has 1 aromatic heterocycles. The molecule has 3 aromatic carbocycles. The topological polar surface area (TPSA) is 102 Å². The second kappa shape index (κ2) is 9.95. The van der Waals surface area contributed by atoms with E-state index in [0.717, 1.165) is 35.0 Å². The molecule has 0 saturated heterocycles. The summed E-state index contributed by atoms with van der Waals surface area (Å²) in [6.07, 6.45) is 3.42. The van der Waals surface area contributed by atoms with E-state index in [1.807, 2.05) is 19.1 Å². The van der Waals surface area contributed by atoms with Gasteiger partial charge in [-0.1, -0.05) is 6.07 Å². The fourth-order valence-corrected chi connectivity index (χ4v) is 5.21. The van der Waals surface area contributed by atoms with Gasteiger partial charge in [0.05, 0.1) is 28.3 Å². The number of fused-ring (bicyclic) bond motifs is 1. The van der Waals surface area contributed by atoms with Crippen LogP contribution in [0, 0.1) is 18.7 Å². The van der Waals surface area contributed by atoms with Crippen LogP contribution in [0.4, 0.5) is 10.1 Å².